The number of benzene rings is 3. The quantitative estimate of drug-likeness (QED) is 0.272. The van der Waals surface area contributed by atoms with Gasteiger partial charge >= 0.3 is 5.97 Å². The number of halogens is 1. The number of rotatable bonds is 10. The Bertz CT molecular complexity index is 1060. The van der Waals surface area contributed by atoms with Gasteiger partial charge in [-0.1, -0.05) is 29.8 Å². The van der Waals surface area contributed by atoms with Crippen molar-refractivity contribution in [2.24, 2.45) is 0 Å². The van der Waals surface area contributed by atoms with Crippen LogP contribution in [0.5, 0.6) is 17.2 Å². The molecule has 5 nitrogen and oxygen atoms in total. The lowest BCUT2D eigenvalue weighted by atomic mass is 10.1. The maximum absolute atomic E-state index is 12.4. The molecule has 3 aromatic rings. The van der Waals surface area contributed by atoms with Gasteiger partial charge in [-0.15, -0.1) is 0 Å². The van der Waals surface area contributed by atoms with Crippen LogP contribution in [0, 0.1) is 0 Å². The van der Waals surface area contributed by atoms with Crippen molar-refractivity contribution < 1.29 is 23.7 Å². The van der Waals surface area contributed by atoms with Crippen LogP contribution in [0.15, 0.2) is 66.7 Å². The highest BCUT2D eigenvalue weighted by Gasteiger charge is 2.24. The van der Waals surface area contributed by atoms with Gasteiger partial charge in [0.25, 0.3) is 0 Å². The summed E-state index contributed by atoms with van der Waals surface area (Å²) in [7, 11) is 1.37. The first-order chi connectivity index (χ1) is 16.1. The number of carbonyl (C=O) groups excluding carboxylic acids is 1. The van der Waals surface area contributed by atoms with Crippen molar-refractivity contribution in [2.45, 2.75) is 31.8 Å². The molecule has 1 atom stereocenters. The predicted molar refractivity (Wildman–Crippen MR) is 127 cm³/mol. The second-order valence-corrected chi connectivity index (χ2v) is 8.31. The summed E-state index contributed by atoms with van der Waals surface area (Å²) in [5.74, 6) is 1.72. The van der Waals surface area contributed by atoms with Gasteiger partial charge in [0.1, 0.15) is 17.2 Å². The van der Waals surface area contributed by atoms with Gasteiger partial charge in [0, 0.05) is 17.0 Å². The van der Waals surface area contributed by atoms with Crippen molar-refractivity contribution in [2.75, 3.05) is 20.3 Å². The highest BCUT2D eigenvalue weighted by atomic mass is 35.5. The summed E-state index contributed by atoms with van der Waals surface area (Å²) in [5.41, 5.74) is 3.36. The van der Waals surface area contributed by atoms with E-state index >= 15 is 0 Å². The summed E-state index contributed by atoms with van der Waals surface area (Å²) in [5, 5.41) is 0.682. The molecule has 0 spiro atoms. The molecule has 0 heterocycles. The smallest absolute Gasteiger partial charge is 0.351 e. The van der Waals surface area contributed by atoms with Crippen molar-refractivity contribution in [1.29, 1.82) is 0 Å². The molecule has 0 bridgehead atoms. The van der Waals surface area contributed by atoms with Crippen molar-refractivity contribution >= 4 is 17.6 Å². The van der Waals surface area contributed by atoms with Crippen molar-refractivity contribution in [3.8, 4) is 17.2 Å². The van der Waals surface area contributed by atoms with Crippen molar-refractivity contribution in [3.05, 3.63) is 88.4 Å². The van der Waals surface area contributed by atoms with Gasteiger partial charge in [-0.3, -0.25) is 0 Å². The lowest BCUT2D eigenvalue weighted by Crippen LogP contribution is -2.20. The topological polar surface area (TPSA) is 54.0 Å². The molecule has 0 aromatic heterocycles. The number of fused-ring (bicyclic) bond motifs is 1. The van der Waals surface area contributed by atoms with Gasteiger partial charge in [0.2, 0.25) is 6.10 Å². The summed E-state index contributed by atoms with van der Waals surface area (Å²) in [6.45, 7) is 1.05. The largest absolute Gasteiger partial charge is 0.493 e. The summed E-state index contributed by atoms with van der Waals surface area (Å²) >= 11 is 5.87. The van der Waals surface area contributed by atoms with E-state index in [0.717, 1.165) is 31.4 Å². The van der Waals surface area contributed by atoms with Crippen LogP contribution in [0.2, 0.25) is 5.02 Å². The van der Waals surface area contributed by atoms with Crippen molar-refractivity contribution in [3.63, 3.8) is 0 Å². The van der Waals surface area contributed by atoms with E-state index in [-0.39, 0.29) is 0 Å². The first-order valence-corrected chi connectivity index (χ1v) is 11.5. The standard InChI is InChI=1S/C27H27ClO5/c1-30-27(29)26(33-25-13-6-19-4-2-5-21(19)18-25)20-7-11-23(12-8-20)31-16-3-17-32-24-14-9-22(28)10-15-24/h6-15,18,26H,2-5,16-17H2,1H3. The van der Waals surface area contributed by atoms with E-state index in [0.29, 0.717) is 35.3 Å². The molecule has 0 saturated heterocycles. The average Bonchev–Trinajstić information content (AvgIpc) is 3.31. The SMILES string of the molecule is COC(=O)C(Oc1ccc2c(c1)CCC2)c1ccc(OCCCOc2ccc(Cl)cc2)cc1. The third-order valence-corrected chi connectivity index (χ3v) is 5.81. The second kappa shape index (κ2) is 11.1. The molecule has 0 N–H and O–H groups in total. The van der Waals surface area contributed by atoms with Crippen LogP contribution in [0.1, 0.15) is 35.6 Å². The number of aryl methyl sites for hydroxylation is 2. The average molecular weight is 467 g/mol. The molecule has 172 valence electrons. The first-order valence-electron chi connectivity index (χ1n) is 11.1. The number of hydrogen-bond donors (Lipinski definition) is 0. The van der Waals surface area contributed by atoms with Gasteiger partial charge in [0.15, 0.2) is 0 Å². The second-order valence-electron chi connectivity index (χ2n) is 7.88. The Kier molecular flexibility index (Phi) is 7.74. The highest BCUT2D eigenvalue weighted by molar-refractivity contribution is 6.30. The molecule has 0 amide bonds. The maximum atomic E-state index is 12.4. The van der Waals surface area contributed by atoms with E-state index in [1.54, 1.807) is 12.1 Å². The van der Waals surface area contributed by atoms with Crippen LogP contribution >= 0.6 is 11.6 Å². The van der Waals surface area contributed by atoms with Gasteiger partial charge in [-0.05, 0) is 78.9 Å². The Hall–Kier alpha value is -3.18. The van der Waals surface area contributed by atoms with Crippen LogP contribution in [-0.4, -0.2) is 26.3 Å². The maximum Gasteiger partial charge on any atom is 0.351 e. The lowest BCUT2D eigenvalue weighted by molar-refractivity contribution is -0.149. The van der Waals surface area contributed by atoms with Crippen LogP contribution in [0.3, 0.4) is 0 Å². The molecule has 0 aliphatic heterocycles. The van der Waals surface area contributed by atoms with Crippen LogP contribution in [0.25, 0.3) is 0 Å². The number of esters is 1. The Morgan fingerprint density at radius 1 is 0.848 bits per heavy atom. The minimum Gasteiger partial charge on any atom is -0.493 e. The molecule has 4 rings (SSSR count). The summed E-state index contributed by atoms with van der Waals surface area (Å²) in [6.07, 6.45) is 3.21. The minimum atomic E-state index is -0.837. The Morgan fingerprint density at radius 2 is 1.45 bits per heavy atom. The summed E-state index contributed by atoms with van der Waals surface area (Å²) < 4.78 is 22.5. The minimum absolute atomic E-state index is 0.441. The van der Waals surface area contributed by atoms with Crippen LogP contribution in [-0.2, 0) is 22.4 Å². The molecule has 1 aliphatic carbocycles. The Morgan fingerprint density at radius 3 is 2.12 bits per heavy atom. The summed E-state index contributed by atoms with van der Waals surface area (Å²) in [6, 6.07) is 20.6. The molecule has 33 heavy (non-hydrogen) atoms. The van der Waals surface area contributed by atoms with Gasteiger partial charge < -0.3 is 18.9 Å². The van der Waals surface area contributed by atoms with Crippen LogP contribution < -0.4 is 14.2 Å². The van der Waals surface area contributed by atoms with Crippen LogP contribution in [0.4, 0.5) is 0 Å². The third kappa shape index (κ3) is 6.20. The Balaban J connectivity index is 1.30. The molecule has 3 aromatic carbocycles. The number of hydrogen-bond acceptors (Lipinski definition) is 5. The van der Waals surface area contributed by atoms with Crippen molar-refractivity contribution in [1.82, 2.24) is 0 Å². The third-order valence-electron chi connectivity index (χ3n) is 5.56. The van der Waals surface area contributed by atoms with E-state index in [1.807, 2.05) is 48.5 Å². The molecule has 0 saturated carbocycles. The number of methoxy groups -OCH3 is 1. The normalized spacial score (nSPS) is 13.2. The van der Waals surface area contributed by atoms with E-state index < -0.39 is 12.1 Å². The fourth-order valence-electron chi connectivity index (χ4n) is 3.83. The zero-order valence-electron chi connectivity index (χ0n) is 18.6. The van der Waals surface area contributed by atoms with Gasteiger partial charge in [-0.2, -0.15) is 0 Å². The monoisotopic (exact) mass is 466 g/mol. The van der Waals surface area contributed by atoms with E-state index in [2.05, 4.69) is 6.07 Å². The highest BCUT2D eigenvalue weighted by Crippen LogP contribution is 2.30. The first kappa shape index (κ1) is 23.0. The molecule has 1 unspecified atom stereocenters. The fourth-order valence-corrected chi connectivity index (χ4v) is 3.95. The molecule has 0 fully saturated rings. The number of carbonyl (C=O) groups is 1. The zero-order valence-corrected chi connectivity index (χ0v) is 19.3. The molecular weight excluding hydrogens is 440 g/mol. The number of ether oxygens (including phenoxy) is 4. The van der Waals surface area contributed by atoms with Gasteiger partial charge in [0.05, 0.1) is 20.3 Å². The Labute approximate surface area is 199 Å². The molecule has 6 heteroatoms. The molecule has 0 radical (unpaired) electrons. The zero-order chi connectivity index (χ0) is 23.0. The van der Waals surface area contributed by atoms with E-state index in [9.17, 15) is 4.79 Å². The fraction of sp³-hybridized carbons (Fsp3) is 0.296. The van der Waals surface area contributed by atoms with Gasteiger partial charge in [-0.25, -0.2) is 4.79 Å². The van der Waals surface area contributed by atoms with E-state index in [4.69, 9.17) is 30.5 Å². The molecular formula is C27H27ClO5. The lowest BCUT2D eigenvalue weighted by Gasteiger charge is -2.18. The predicted octanol–water partition coefficient (Wildman–Crippen LogP) is 5.97. The summed E-state index contributed by atoms with van der Waals surface area (Å²) in [4.78, 5) is 12.4. The van der Waals surface area contributed by atoms with E-state index in [1.165, 1.54) is 18.2 Å². The molecule has 1 aliphatic rings.